The van der Waals surface area contributed by atoms with Gasteiger partial charge >= 0.3 is 0 Å². The molecule has 0 aromatic carbocycles. The Kier molecular flexibility index (Phi) is 1.76. The van der Waals surface area contributed by atoms with Gasteiger partial charge in [-0.2, -0.15) is 0 Å². The Morgan fingerprint density at radius 2 is 2.20 bits per heavy atom. The zero-order chi connectivity index (χ0) is 10.3. The third kappa shape index (κ3) is 1.22. The summed E-state index contributed by atoms with van der Waals surface area (Å²) in [7, 11) is 0. The van der Waals surface area contributed by atoms with E-state index in [0.29, 0.717) is 0 Å². The predicted molar refractivity (Wildman–Crippen MR) is 62.9 cm³/mol. The molecule has 0 spiro atoms. The number of nitrogens with two attached hydrogens (primary N) is 1. The summed E-state index contributed by atoms with van der Waals surface area (Å²) in [6.45, 7) is 0. The molecule has 2 N–H and O–H groups in total. The first-order chi connectivity index (χ1) is 7.36. The molecule has 0 aliphatic rings. The third-order valence-electron chi connectivity index (χ3n) is 2.35. The second-order valence-corrected chi connectivity index (χ2v) is 4.23. The summed E-state index contributed by atoms with van der Waals surface area (Å²) in [6.07, 6.45) is 3.79. The summed E-state index contributed by atoms with van der Waals surface area (Å²) in [5.41, 5.74) is 7.58. The summed E-state index contributed by atoms with van der Waals surface area (Å²) >= 11 is 1.68. The van der Waals surface area contributed by atoms with Gasteiger partial charge in [-0.05, 0) is 23.6 Å². The number of fused-ring (bicyclic) bond motifs is 1. The van der Waals surface area contributed by atoms with E-state index >= 15 is 0 Å². The largest absolute Gasteiger partial charge is 0.397 e. The maximum atomic E-state index is 5.87. The number of hydrogen-bond donors (Lipinski definition) is 1. The Labute approximate surface area is 90.8 Å². The number of anilines is 1. The quantitative estimate of drug-likeness (QED) is 0.678. The normalized spacial score (nSPS) is 10.9. The molecule has 3 aromatic rings. The van der Waals surface area contributed by atoms with Crippen LogP contribution >= 0.6 is 11.3 Å². The van der Waals surface area contributed by atoms with E-state index < -0.39 is 0 Å². The molecule has 0 radical (unpaired) electrons. The Balaban J connectivity index is 2.34. The van der Waals surface area contributed by atoms with Gasteiger partial charge in [-0.25, -0.2) is 4.98 Å². The molecule has 0 unspecified atom stereocenters. The molecule has 15 heavy (non-hydrogen) atoms. The van der Waals surface area contributed by atoms with E-state index in [9.17, 15) is 0 Å². The third-order valence-corrected chi connectivity index (χ3v) is 3.21. The van der Waals surface area contributed by atoms with Crippen LogP contribution in [0.2, 0.25) is 0 Å². The van der Waals surface area contributed by atoms with Gasteiger partial charge in [0, 0.05) is 6.20 Å². The van der Waals surface area contributed by atoms with Crippen LogP contribution in [-0.2, 0) is 0 Å². The number of nitrogen functional groups attached to an aromatic ring is 1. The summed E-state index contributed by atoms with van der Waals surface area (Å²) in [5.74, 6) is 0.951. The zero-order valence-electron chi connectivity index (χ0n) is 7.92. The monoisotopic (exact) mass is 215 g/mol. The van der Waals surface area contributed by atoms with Crippen molar-refractivity contribution in [2.24, 2.45) is 0 Å². The molecule has 0 aliphatic carbocycles. The van der Waals surface area contributed by atoms with Crippen molar-refractivity contribution in [1.29, 1.82) is 0 Å². The predicted octanol–water partition coefficient (Wildman–Crippen LogP) is 2.65. The highest BCUT2D eigenvalue weighted by Gasteiger charge is 2.07. The van der Waals surface area contributed by atoms with Crippen LogP contribution in [0.1, 0.15) is 0 Å². The van der Waals surface area contributed by atoms with Crippen LogP contribution in [0.25, 0.3) is 16.2 Å². The number of aromatic nitrogens is 2. The summed E-state index contributed by atoms with van der Waals surface area (Å²) in [4.78, 5) is 5.55. The summed E-state index contributed by atoms with van der Waals surface area (Å²) in [5, 5.41) is 2.04. The van der Waals surface area contributed by atoms with E-state index in [0.717, 1.165) is 21.9 Å². The van der Waals surface area contributed by atoms with E-state index in [2.05, 4.69) is 11.1 Å². The standard InChI is InChI=1S/C11H9N3S/c12-8-3-1-5-14-9(8)7-13-11(14)10-4-2-6-15-10/h1-7H,12H2. The van der Waals surface area contributed by atoms with Crippen LogP contribution in [0.3, 0.4) is 0 Å². The first kappa shape index (κ1) is 8.49. The van der Waals surface area contributed by atoms with Crippen molar-refractivity contribution in [3.8, 4) is 10.7 Å². The first-order valence-corrected chi connectivity index (χ1v) is 5.49. The van der Waals surface area contributed by atoms with Gasteiger partial charge in [-0.15, -0.1) is 11.3 Å². The molecule has 0 fully saturated rings. The summed E-state index contributed by atoms with van der Waals surface area (Å²) in [6, 6.07) is 7.90. The molecule has 74 valence electrons. The smallest absolute Gasteiger partial charge is 0.154 e. The molecule has 3 nitrogen and oxygen atoms in total. The van der Waals surface area contributed by atoms with Gasteiger partial charge in [0.1, 0.15) is 0 Å². The molecule has 3 aromatic heterocycles. The average Bonchev–Trinajstić information content (AvgIpc) is 2.85. The molecular formula is C11H9N3S. The van der Waals surface area contributed by atoms with Crippen molar-refractivity contribution in [1.82, 2.24) is 9.38 Å². The van der Waals surface area contributed by atoms with E-state index in [-0.39, 0.29) is 0 Å². The molecule has 0 saturated carbocycles. The molecular weight excluding hydrogens is 206 g/mol. The Morgan fingerprint density at radius 3 is 3.00 bits per heavy atom. The minimum Gasteiger partial charge on any atom is -0.397 e. The number of thiophene rings is 1. The Hall–Kier alpha value is -1.81. The van der Waals surface area contributed by atoms with Crippen molar-refractivity contribution in [2.75, 3.05) is 5.73 Å². The van der Waals surface area contributed by atoms with Gasteiger partial charge in [-0.3, -0.25) is 4.40 Å². The lowest BCUT2D eigenvalue weighted by molar-refractivity contribution is 1.17. The molecule has 0 bridgehead atoms. The summed E-state index contributed by atoms with van der Waals surface area (Å²) < 4.78 is 2.02. The van der Waals surface area contributed by atoms with Crippen LogP contribution < -0.4 is 5.73 Å². The number of nitrogens with zero attached hydrogens (tertiary/aromatic N) is 2. The molecule has 0 atom stereocenters. The van der Waals surface area contributed by atoms with Gasteiger partial charge in [0.2, 0.25) is 0 Å². The maximum Gasteiger partial charge on any atom is 0.154 e. The fourth-order valence-corrected chi connectivity index (χ4v) is 2.35. The second kappa shape index (κ2) is 3.10. The van der Waals surface area contributed by atoms with Crippen molar-refractivity contribution in [2.45, 2.75) is 0 Å². The average molecular weight is 215 g/mol. The van der Waals surface area contributed by atoms with Crippen molar-refractivity contribution >= 4 is 22.5 Å². The van der Waals surface area contributed by atoms with Crippen LogP contribution in [-0.4, -0.2) is 9.38 Å². The van der Waals surface area contributed by atoms with Gasteiger partial charge in [0.15, 0.2) is 5.82 Å². The van der Waals surface area contributed by atoms with Crippen LogP contribution in [0.4, 0.5) is 5.69 Å². The van der Waals surface area contributed by atoms with Crippen molar-refractivity contribution in [3.05, 3.63) is 42.0 Å². The molecule has 0 aliphatic heterocycles. The highest BCUT2D eigenvalue weighted by molar-refractivity contribution is 7.13. The van der Waals surface area contributed by atoms with Gasteiger partial charge in [0.25, 0.3) is 0 Å². The second-order valence-electron chi connectivity index (χ2n) is 3.28. The highest BCUT2D eigenvalue weighted by atomic mass is 32.1. The lowest BCUT2D eigenvalue weighted by Gasteiger charge is -1.99. The van der Waals surface area contributed by atoms with E-state index in [1.165, 1.54) is 0 Å². The first-order valence-electron chi connectivity index (χ1n) is 4.62. The van der Waals surface area contributed by atoms with Crippen molar-refractivity contribution < 1.29 is 0 Å². The highest BCUT2D eigenvalue weighted by Crippen LogP contribution is 2.25. The van der Waals surface area contributed by atoms with Gasteiger partial charge < -0.3 is 5.73 Å². The van der Waals surface area contributed by atoms with Gasteiger partial charge in [-0.1, -0.05) is 6.07 Å². The fraction of sp³-hybridized carbons (Fsp3) is 0. The SMILES string of the molecule is Nc1cccn2c(-c3cccs3)ncc12. The minimum absolute atomic E-state index is 0.757. The molecule has 0 amide bonds. The number of pyridine rings is 1. The van der Waals surface area contributed by atoms with Crippen LogP contribution in [0.5, 0.6) is 0 Å². The maximum absolute atomic E-state index is 5.87. The van der Waals surface area contributed by atoms with Gasteiger partial charge in [0.05, 0.1) is 22.3 Å². The van der Waals surface area contributed by atoms with E-state index in [1.54, 1.807) is 11.3 Å². The minimum atomic E-state index is 0.757. The fourth-order valence-electron chi connectivity index (χ4n) is 1.63. The topological polar surface area (TPSA) is 43.3 Å². The van der Waals surface area contributed by atoms with E-state index in [4.69, 9.17) is 5.73 Å². The van der Waals surface area contributed by atoms with Crippen LogP contribution in [0, 0.1) is 0 Å². The molecule has 4 heteroatoms. The Bertz CT molecular complexity index is 595. The van der Waals surface area contributed by atoms with Crippen molar-refractivity contribution in [3.63, 3.8) is 0 Å². The van der Waals surface area contributed by atoms with Crippen LogP contribution in [0.15, 0.2) is 42.0 Å². The lowest BCUT2D eigenvalue weighted by atomic mass is 10.3. The lowest BCUT2D eigenvalue weighted by Crippen LogP contribution is -1.91. The van der Waals surface area contributed by atoms with E-state index in [1.807, 2.05) is 40.4 Å². The number of hydrogen-bond acceptors (Lipinski definition) is 3. The zero-order valence-corrected chi connectivity index (χ0v) is 8.74. The molecule has 0 saturated heterocycles. The number of rotatable bonds is 1. The number of imidazole rings is 1. The Morgan fingerprint density at radius 1 is 1.27 bits per heavy atom. The molecule has 3 heterocycles. The molecule has 3 rings (SSSR count).